The fourth-order valence-electron chi connectivity index (χ4n) is 4.41. The number of unbranched alkanes of at least 4 members (excludes halogenated alkanes) is 18. The second kappa shape index (κ2) is 20.6. The molecule has 0 aromatic rings. The van der Waals surface area contributed by atoms with Gasteiger partial charge in [0.05, 0.1) is 6.67 Å². The Balaban J connectivity index is 1.72. The van der Waals surface area contributed by atoms with Crippen molar-refractivity contribution in [3.05, 3.63) is 12.4 Å². The topological polar surface area (TPSA) is 6.48 Å². The van der Waals surface area contributed by atoms with Gasteiger partial charge in [-0.05, 0) is 12.8 Å². The van der Waals surface area contributed by atoms with Gasteiger partial charge in [-0.25, -0.2) is 0 Å². The predicted octanol–water partition coefficient (Wildman–Crippen LogP) is 8.87. The average Bonchev–Trinajstić information content (AvgIpc) is 3.18. The van der Waals surface area contributed by atoms with Gasteiger partial charge in [-0.2, -0.15) is 0 Å². The molecule has 29 heavy (non-hydrogen) atoms. The summed E-state index contributed by atoms with van der Waals surface area (Å²) in [6.07, 6.45) is 33.3. The number of nitrogens with zero attached hydrogens (tertiary/aromatic N) is 2. The molecule has 0 fully saturated rings. The summed E-state index contributed by atoms with van der Waals surface area (Å²) < 4.78 is 0. The molecule has 1 aliphatic heterocycles. The third-order valence-corrected chi connectivity index (χ3v) is 6.45. The van der Waals surface area contributed by atoms with Crippen molar-refractivity contribution < 1.29 is 0 Å². The molecule has 172 valence electrons. The van der Waals surface area contributed by atoms with Gasteiger partial charge in [-0.15, -0.1) is 0 Å². The second-order valence-electron chi connectivity index (χ2n) is 9.43. The molecule has 0 unspecified atom stereocenters. The summed E-state index contributed by atoms with van der Waals surface area (Å²) in [5, 5.41) is 0. The SMILES string of the molecule is CCCCCCCCCCCCCCCCCCCN1C=CN(CCCCC)C1. The van der Waals surface area contributed by atoms with Gasteiger partial charge < -0.3 is 9.80 Å². The molecule has 1 heterocycles. The van der Waals surface area contributed by atoms with Crippen LogP contribution in [0.5, 0.6) is 0 Å². The number of rotatable bonds is 22. The van der Waals surface area contributed by atoms with E-state index >= 15 is 0 Å². The van der Waals surface area contributed by atoms with Crippen LogP contribution in [0.1, 0.15) is 142 Å². The number of hydrogen-bond donors (Lipinski definition) is 0. The Morgan fingerprint density at radius 3 is 1.07 bits per heavy atom. The van der Waals surface area contributed by atoms with E-state index in [1.807, 2.05) is 0 Å². The van der Waals surface area contributed by atoms with Crippen LogP contribution in [0.4, 0.5) is 0 Å². The van der Waals surface area contributed by atoms with Crippen LogP contribution >= 0.6 is 0 Å². The lowest BCUT2D eigenvalue weighted by Crippen LogP contribution is -2.26. The van der Waals surface area contributed by atoms with Gasteiger partial charge in [0.2, 0.25) is 0 Å². The van der Waals surface area contributed by atoms with E-state index in [4.69, 9.17) is 0 Å². The van der Waals surface area contributed by atoms with Crippen LogP contribution in [0.15, 0.2) is 12.4 Å². The smallest absolute Gasteiger partial charge is 0.0893 e. The summed E-state index contributed by atoms with van der Waals surface area (Å²) in [5.41, 5.74) is 0. The van der Waals surface area contributed by atoms with E-state index in [0.717, 1.165) is 6.67 Å². The predicted molar refractivity (Wildman–Crippen MR) is 131 cm³/mol. The second-order valence-corrected chi connectivity index (χ2v) is 9.43. The molecule has 0 spiro atoms. The highest BCUT2D eigenvalue weighted by Gasteiger charge is 2.10. The summed E-state index contributed by atoms with van der Waals surface area (Å²) in [5.74, 6) is 0. The molecule has 0 aliphatic carbocycles. The highest BCUT2D eigenvalue weighted by atomic mass is 15.3. The van der Waals surface area contributed by atoms with Crippen molar-refractivity contribution in [2.75, 3.05) is 19.8 Å². The molecule has 0 atom stereocenters. The molecule has 0 aromatic carbocycles. The maximum Gasteiger partial charge on any atom is 0.0893 e. The molecule has 0 aromatic heterocycles. The van der Waals surface area contributed by atoms with Gasteiger partial charge >= 0.3 is 0 Å². The summed E-state index contributed by atoms with van der Waals surface area (Å²) in [6, 6.07) is 0. The molecule has 0 N–H and O–H groups in total. The summed E-state index contributed by atoms with van der Waals surface area (Å²) >= 11 is 0. The van der Waals surface area contributed by atoms with Crippen LogP contribution in [-0.4, -0.2) is 29.6 Å². The molecule has 2 nitrogen and oxygen atoms in total. The molecule has 1 aliphatic rings. The number of hydrogen-bond acceptors (Lipinski definition) is 2. The summed E-state index contributed by atoms with van der Waals surface area (Å²) in [7, 11) is 0. The Morgan fingerprint density at radius 2 is 0.690 bits per heavy atom. The molecular weight excluding hydrogens is 352 g/mol. The normalized spacial score (nSPS) is 13.7. The minimum absolute atomic E-state index is 1.13. The molecule has 0 amide bonds. The first-order valence-corrected chi connectivity index (χ1v) is 13.5. The zero-order valence-electron chi connectivity index (χ0n) is 20.3. The summed E-state index contributed by atoms with van der Waals surface area (Å²) in [4.78, 5) is 4.97. The summed E-state index contributed by atoms with van der Waals surface area (Å²) in [6.45, 7) is 8.20. The highest BCUT2D eigenvalue weighted by Crippen LogP contribution is 2.15. The van der Waals surface area contributed by atoms with Gasteiger partial charge in [-0.1, -0.05) is 129 Å². The first kappa shape index (κ1) is 26.4. The highest BCUT2D eigenvalue weighted by molar-refractivity contribution is 4.90. The molecular formula is C27H54N2. The van der Waals surface area contributed by atoms with Crippen molar-refractivity contribution in [2.24, 2.45) is 0 Å². The van der Waals surface area contributed by atoms with Gasteiger partial charge in [-0.3, -0.25) is 0 Å². The Labute approximate surface area is 184 Å². The van der Waals surface area contributed by atoms with Crippen LogP contribution in [0.3, 0.4) is 0 Å². The molecule has 0 bridgehead atoms. The van der Waals surface area contributed by atoms with Crippen LogP contribution in [0, 0.1) is 0 Å². The van der Waals surface area contributed by atoms with Gasteiger partial charge in [0, 0.05) is 25.5 Å². The van der Waals surface area contributed by atoms with E-state index in [0.29, 0.717) is 0 Å². The Bertz CT molecular complexity index is 352. The van der Waals surface area contributed by atoms with Crippen molar-refractivity contribution in [1.82, 2.24) is 9.80 Å². The Kier molecular flexibility index (Phi) is 18.7. The van der Waals surface area contributed by atoms with E-state index in [9.17, 15) is 0 Å². The zero-order valence-corrected chi connectivity index (χ0v) is 20.3. The van der Waals surface area contributed by atoms with E-state index < -0.39 is 0 Å². The van der Waals surface area contributed by atoms with Gasteiger partial charge in [0.1, 0.15) is 0 Å². The zero-order chi connectivity index (χ0) is 20.8. The standard InChI is InChI=1S/C27H54N2/c1-3-5-7-8-9-10-11-12-13-14-15-16-17-18-19-20-22-24-29-26-25-28(27-29)23-21-6-4-2/h25-26H,3-24,27H2,1-2H3. The molecule has 0 saturated heterocycles. The van der Waals surface area contributed by atoms with Crippen LogP contribution in [0.25, 0.3) is 0 Å². The van der Waals surface area contributed by atoms with Crippen LogP contribution < -0.4 is 0 Å². The van der Waals surface area contributed by atoms with Crippen molar-refractivity contribution in [3.8, 4) is 0 Å². The maximum absolute atomic E-state index is 2.50. The first-order chi connectivity index (χ1) is 14.4. The lowest BCUT2D eigenvalue weighted by molar-refractivity contribution is 0.257. The van der Waals surface area contributed by atoms with Crippen molar-refractivity contribution in [1.29, 1.82) is 0 Å². The Morgan fingerprint density at radius 1 is 0.414 bits per heavy atom. The van der Waals surface area contributed by atoms with Crippen molar-refractivity contribution >= 4 is 0 Å². The average molecular weight is 407 g/mol. The van der Waals surface area contributed by atoms with E-state index in [2.05, 4.69) is 36.0 Å². The van der Waals surface area contributed by atoms with Gasteiger partial charge in [0.25, 0.3) is 0 Å². The minimum Gasteiger partial charge on any atom is -0.359 e. The monoisotopic (exact) mass is 406 g/mol. The third-order valence-electron chi connectivity index (χ3n) is 6.45. The van der Waals surface area contributed by atoms with Crippen LogP contribution in [-0.2, 0) is 0 Å². The van der Waals surface area contributed by atoms with E-state index in [1.54, 1.807) is 0 Å². The first-order valence-electron chi connectivity index (χ1n) is 13.5. The molecule has 2 heteroatoms. The van der Waals surface area contributed by atoms with Crippen molar-refractivity contribution in [2.45, 2.75) is 142 Å². The van der Waals surface area contributed by atoms with E-state index in [1.165, 1.54) is 142 Å². The lowest BCUT2D eigenvalue weighted by Gasteiger charge is -2.21. The van der Waals surface area contributed by atoms with Crippen LogP contribution in [0.2, 0.25) is 0 Å². The molecule has 0 saturated carbocycles. The Hall–Kier alpha value is -0.660. The fourth-order valence-corrected chi connectivity index (χ4v) is 4.41. The fraction of sp³-hybridized carbons (Fsp3) is 0.926. The van der Waals surface area contributed by atoms with E-state index in [-0.39, 0.29) is 0 Å². The minimum atomic E-state index is 1.13. The quantitative estimate of drug-likeness (QED) is 0.166. The molecule has 1 rings (SSSR count). The van der Waals surface area contributed by atoms with Crippen molar-refractivity contribution in [3.63, 3.8) is 0 Å². The van der Waals surface area contributed by atoms with Gasteiger partial charge in [0.15, 0.2) is 0 Å². The lowest BCUT2D eigenvalue weighted by atomic mass is 10.0. The maximum atomic E-state index is 2.50. The largest absolute Gasteiger partial charge is 0.359 e. The molecule has 0 radical (unpaired) electrons. The third kappa shape index (κ3) is 16.8.